The highest BCUT2D eigenvalue weighted by molar-refractivity contribution is 5.80. The Labute approximate surface area is 86.8 Å². The maximum Gasteiger partial charge on any atom is 0.407 e. The molecule has 0 aromatic carbocycles. The van der Waals surface area contributed by atoms with E-state index in [9.17, 15) is 14.0 Å². The highest BCUT2D eigenvalue weighted by atomic mass is 19.1. The van der Waals surface area contributed by atoms with Crippen molar-refractivity contribution in [3.8, 4) is 0 Å². The first kappa shape index (κ1) is 11.7. The molecule has 1 rings (SSSR count). The number of halogens is 1. The number of carbonyl (C=O) groups is 2. The lowest BCUT2D eigenvalue weighted by Crippen LogP contribution is -2.48. The number of esters is 1. The van der Waals surface area contributed by atoms with E-state index in [1.54, 1.807) is 6.92 Å². The lowest BCUT2D eigenvalue weighted by atomic mass is 9.94. The summed E-state index contributed by atoms with van der Waals surface area (Å²) in [6.07, 6.45) is -1.34. The largest absolute Gasteiger partial charge is 0.465 e. The van der Waals surface area contributed by atoms with Crippen LogP contribution < -0.4 is 0 Å². The molecular formula is C9H14FNO4. The van der Waals surface area contributed by atoms with Crippen LogP contribution in [-0.2, 0) is 9.53 Å². The lowest BCUT2D eigenvalue weighted by Gasteiger charge is -2.32. The minimum Gasteiger partial charge on any atom is -0.465 e. The van der Waals surface area contributed by atoms with Gasteiger partial charge in [0.2, 0.25) is 5.67 Å². The molecule has 0 bridgehead atoms. The minimum absolute atomic E-state index is 0.0324. The van der Waals surface area contributed by atoms with Gasteiger partial charge < -0.3 is 14.7 Å². The summed E-state index contributed by atoms with van der Waals surface area (Å²) >= 11 is 0. The Morgan fingerprint density at radius 1 is 1.47 bits per heavy atom. The van der Waals surface area contributed by atoms with Crippen LogP contribution in [0.4, 0.5) is 9.18 Å². The highest BCUT2D eigenvalue weighted by Gasteiger charge is 2.43. The van der Waals surface area contributed by atoms with Gasteiger partial charge in [-0.05, 0) is 6.92 Å². The molecule has 0 saturated carbocycles. The predicted octanol–water partition coefficient (Wildman–Crippen LogP) is 1.03. The standard InChI is InChI=1S/C9H14FNO4/c1-2-15-7(12)9(10)3-5-11(6-4-9)8(13)14/h2-6H2,1H3,(H,13,14). The number of hydrogen-bond donors (Lipinski definition) is 1. The summed E-state index contributed by atoms with van der Waals surface area (Å²) in [7, 11) is 0. The Morgan fingerprint density at radius 2 is 2.00 bits per heavy atom. The summed E-state index contributed by atoms with van der Waals surface area (Å²) in [6.45, 7) is 1.80. The first-order chi connectivity index (χ1) is 6.99. The third-order valence-corrected chi connectivity index (χ3v) is 2.47. The Morgan fingerprint density at radius 3 is 2.40 bits per heavy atom. The Balaban J connectivity index is 2.54. The van der Waals surface area contributed by atoms with Gasteiger partial charge in [0.1, 0.15) is 0 Å². The van der Waals surface area contributed by atoms with Crippen LogP contribution in [0.5, 0.6) is 0 Å². The van der Waals surface area contributed by atoms with Crippen molar-refractivity contribution in [2.75, 3.05) is 19.7 Å². The molecule has 15 heavy (non-hydrogen) atoms. The van der Waals surface area contributed by atoms with Gasteiger partial charge in [0, 0.05) is 25.9 Å². The number of ether oxygens (including phenoxy) is 1. The normalized spacial score (nSPS) is 19.7. The van der Waals surface area contributed by atoms with E-state index in [0.717, 1.165) is 4.90 Å². The van der Waals surface area contributed by atoms with E-state index < -0.39 is 17.7 Å². The molecule has 0 spiro atoms. The molecule has 86 valence electrons. The highest BCUT2D eigenvalue weighted by Crippen LogP contribution is 2.27. The maximum atomic E-state index is 13.9. The number of hydrogen-bond acceptors (Lipinski definition) is 3. The molecule has 1 aliphatic rings. The summed E-state index contributed by atoms with van der Waals surface area (Å²) in [5.74, 6) is -0.880. The maximum absolute atomic E-state index is 13.9. The number of nitrogens with zero attached hydrogens (tertiary/aromatic N) is 1. The van der Waals surface area contributed by atoms with Gasteiger partial charge >= 0.3 is 12.1 Å². The van der Waals surface area contributed by atoms with Crippen molar-refractivity contribution in [1.29, 1.82) is 0 Å². The fourth-order valence-electron chi connectivity index (χ4n) is 1.52. The average Bonchev–Trinajstić information content (AvgIpc) is 2.18. The van der Waals surface area contributed by atoms with Gasteiger partial charge in [-0.1, -0.05) is 0 Å². The fraction of sp³-hybridized carbons (Fsp3) is 0.778. The lowest BCUT2D eigenvalue weighted by molar-refractivity contribution is -0.160. The van der Waals surface area contributed by atoms with Crippen LogP contribution in [0.2, 0.25) is 0 Å². The molecule has 0 aromatic rings. The molecule has 0 radical (unpaired) electrons. The Kier molecular flexibility index (Phi) is 3.49. The number of carboxylic acid groups (broad SMARTS) is 1. The number of amides is 1. The monoisotopic (exact) mass is 219 g/mol. The predicted molar refractivity (Wildman–Crippen MR) is 49.3 cm³/mol. The molecule has 1 saturated heterocycles. The third kappa shape index (κ3) is 2.57. The molecule has 1 fully saturated rings. The topological polar surface area (TPSA) is 66.8 Å². The zero-order valence-corrected chi connectivity index (χ0v) is 8.53. The van der Waals surface area contributed by atoms with Crippen molar-refractivity contribution < 1.29 is 23.8 Å². The molecule has 0 atom stereocenters. The van der Waals surface area contributed by atoms with Gasteiger partial charge in [0.15, 0.2) is 0 Å². The molecule has 1 N–H and O–H groups in total. The quantitative estimate of drug-likeness (QED) is 0.704. The van der Waals surface area contributed by atoms with E-state index in [1.807, 2.05) is 0 Å². The fourth-order valence-corrected chi connectivity index (χ4v) is 1.52. The second-order valence-electron chi connectivity index (χ2n) is 3.46. The van der Waals surface area contributed by atoms with Crippen molar-refractivity contribution in [2.24, 2.45) is 0 Å². The van der Waals surface area contributed by atoms with Crippen LogP contribution >= 0.6 is 0 Å². The van der Waals surface area contributed by atoms with Crippen LogP contribution in [-0.4, -0.2) is 47.4 Å². The van der Waals surface area contributed by atoms with Crippen LogP contribution in [0.1, 0.15) is 19.8 Å². The van der Waals surface area contributed by atoms with E-state index in [1.165, 1.54) is 0 Å². The number of piperidine rings is 1. The van der Waals surface area contributed by atoms with Gasteiger partial charge in [0.05, 0.1) is 6.61 Å². The Bertz CT molecular complexity index is 261. The van der Waals surface area contributed by atoms with Crippen molar-refractivity contribution in [1.82, 2.24) is 4.90 Å². The number of likely N-dealkylation sites (tertiary alicyclic amines) is 1. The first-order valence-corrected chi connectivity index (χ1v) is 4.83. The van der Waals surface area contributed by atoms with Crippen molar-refractivity contribution in [3.63, 3.8) is 0 Å². The summed E-state index contributed by atoms with van der Waals surface area (Å²) in [4.78, 5) is 22.9. The molecule has 6 heteroatoms. The zero-order valence-electron chi connectivity index (χ0n) is 8.53. The van der Waals surface area contributed by atoms with Gasteiger partial charge in [-0.15, -0.1) is 0 Å². The van der Waals surface area contributed by atoms with Gasteiger partial charge in [-0.2, -0.15) is 0 Å². The summed E-state index contributed by atoms with van der Waals surface area (Å²) < 4.78 is 18.5. The second kappa shape index (κ2) is 4.46. The molecule has 0 aromatic heterocycles. The summed E-state index contributed by atoms with van der Waals surface area (Å²) in [5, 5.41) is 8.64. The summed E-state index contributed by atoms with van der Waals surface area (Å²) in [5.41, 5.74) is -2.01. The molecule has 1 amide bonds. The van der Waals surface area contributed by atoms with Crippen LogP contribution in [0.15, 0.2) is 0 Å². The van der Waals surface area contributed by atoms with E-state index in [2.05, 4.69) is 4.74 Å². The van der Waals surface area contributed by atoms with E-state index in [4.69, 9.17) is 5.11 Å². The number of rotatable bonds is 2. The van der Waals surface area contributed by atoms with Gasteiger partial charge in [-0.25, -0.2) is 14.0 Å². The summed E-state index contributed by atoms with van der Waals surface area (Å²) in [6, 6.07) is 0. The number of carbonyl (C=O) groups excluding carboxylic acids is 1. The van der Waals surface area contributed by atoms with Crippen molar-refractivity contribution in [2.45, 2.75) is 25.4 Å². The van der Waals surface area contributed by atoms with E-state index >= 15 is 0 Å². The second-order valence-corrected chi connectivity index (χ2v) is 3.46. The van der Waals surface area contributed by atoms with Crippen LogP contribution in [0.3, 0.4) is 0 Å². The molecule has 1 heterocycles. The third-order valence-electron chi connectivity index (χ3n) is 2.47. The minimum atomic E-state index is -2.01. The van der Waals surface area contributed by atoms with Gasteiger partial charge in [0.25, 0.3) is 0 Å². The molecule has 5 nitrogen and oxygen atoms in total. The van der Waals surface area contributed by atoms with Crippen molar-refractivity contribution >= 4 is 12.1 Å². The number of alkyl halides is 1. The average molecular weight is 219 g/mol. The van der Waals surface area contributed by atoms with E-state index in [-0.39, 0.29) is 32.5 Å². The SMILES string of the molecule is CCOC(=O)C1(F)CCN(C(=O)O)CC1. The molecule has 0 aliphatic carbocycles. The smallest absolute Gasteiger partial charge is 0.407 e. The van der Waals surface area contributed by atoms with Crippen molar-refractivity contribution in [3.05, 3.63) is 0 Å². The van der Waals surface area contributed by atoms with Crippen LogP contribution in [0, 0.1) is 0 Å². The van der Waals surface area contributed by atoms with E-state index in [0.29, 0.717) is 0 Å². The molecule has 0 unspecified atom stereocenters. The molecular weight excluding hydrogens is 205 g/mol. The van der Waals surface area contributed by atoms with Gasteiger partial charge in [-0.3, -0.25) is 0 Å². The van der Waals surface area contributed by atoms with Crippen LogP contribution in [0.25, 0.3) is 0 Å². The Hall–Kier alpha value is -1.33. The zero-order chi connectivity index (χ0) is 11.5. The first-order valence-electron chi connectivity index (χ1n) is 4.83. The molecule has 1 aliphatic heterocycles.